The first-order valence-corrected chi connectivity index (χ1v) is 8.63. The molecule has 3 rings (SSSR count). The number of H-pyrrole nitrogens is 2. The van der Waals surface area contributed by atoms with Crippen LogP contribution in [0.25, 0.3) is 0 Å². The minimum Gasteiger partial charge on any atom is -0.366 e. The standard InChI is InChI=1S/C18H15ClN6O4/c19-14-6-12(17(28)25-24-14)16(27)22-7-9-2-1-3-11(4-9)23-18(29)13-5-10(8-21-13)15(20)26/h1-6,8,21H,7H2,(H2,20,26)(H,22,27)(H,23,29)(H,25,28). The molecule has 0 saturated carbocycles. The number of nitrogens with zero attached hydrogens (tertiary/aromatic N) is 1. The van der Waals surface area contributed by atoms with Crippen LogP contribution in [0.2, 0.25) is 5.15 Å². The molecule has 0 bridgehead atoms. The highest BCUT2D eigenvalue weighted by Gasteiger charge is 2.13. The summed E-state index contributed by atoms with van der Waals surface area (Å²) >= 11 is 5.69. The summed E-state index contributed by atoms with van der Waals surface area (Å²) < 4.78 is 0. The van der Waals surface area contributed by atoms with Gasteiger partial charge in [0.15, 0.2) is 0 Å². The van der Waals surface area contributed by atoms with Gasteiger partial charge in [-0.3, -0.25) is 19.2 Å². The average molecular weight is 415 g/mol. The smallest absolute Gasteiger partial charge is 0.277 e. The lowest BCUT2D eigenvalue weighted by molar-refractivity contribution is 0.0947. The van der Waals surface area contributed by atoms with Crippen LogP contribution >= 0.6 is 11.6 Å². The molecule has 3 amide bonds. The quantitative estimate of drug-likeness (QED) is 0.406. The molecule has 0 radical (unpaired) electrons. The van der Waals surface area contributed by atoms with Gasteiger partial charge in [-0.25, -0.2) is 5.10 Å². The van der Waals surface area contributed by atoms with Crippen LogP contribution in [0, 0.1) is 0 Å². The van der Waals surface area contributed by atoms with E-state index in [1.54, 1.807) is 24.3 Å². The van der Waals surface area contributed by atoms with Crippen molar-refractivity contribution in [2.75, 3.05) is 5.32 Å². The van der Waals surface area contributed by atoms with E-state index in [1.165, 1.54) is 18.3 Å². The van der Waals surface area contributed by atoms with Crippen LogP contribution in [0.15, 0.2) is 47.4 Å². The zero-order valence-electron chi connectivity index (χ0n) is 14.8. The fraction of sp³-hybridized carbons (Fsp3) is 0.0556. The van der Waals surface area contributed by atoms with Gasteiger partial charge in [-0.2, -0.15) is 5.10 Å². The normalized spacial score (nSPS) is 10.4. The van der Waals surface area contributed by atoms with Crippen molar-refractivity contribution < 1.29 is 14.4 Å². The largest absolute Gasteiger partial charge is 0.366 e. The van der Waals surface area contributed by atoms with E-state index in [1.807, 2.05) is 0 Å². The fourth-order valence-electron chi connectivity index (χ4n) is 2.45. The second-order valence-electron chi connectivity index (χ2n) is 5.94. The highest BCUT2D eigenvalue weighted by Crippen LogP contribution is 2.13. The number of aromatic nitrogens is 3. The Morgan fingerprint density at radius 3 is 2.66 bits per heavy atom. The molecule has 0 saturated heterocycles. The highest BCUT2D eigenvalue weighted by molar-refractivity contribution is 6.29. The predicted molar refractivity (Wildman–Crippen MR) is 105 cm³/mol. The van der Waals surface area contributed by atoms with Gasteiger partial charge >= 0.3 is 0 Å². The van der Waals surface area contributed by atoms with Crippen LogP contribution in [0.5, 0.6) is 0 Å². The van der Waals surface area contributed by atoms with Crippen molar-refractivity contribution in [3.05, 3.63) is 80.5 Å². The molecule has 29 heavy (non-hydrogen) atoms. The zero-order valence-corrected chi connectivity index (χ0v) is 15.5. The van der Waals surface area contributed by atoms with Gasteiger partial charge in [0.1, 0.15) is 16.4 Å². The number of primary amides is 1. The van der Waals surface area contributed by atoms with Crippen molar-refractivity contribution in [2.45, 2.75) is 6.54 Å². The van der Waals surface area contributed by atoms with E-state index < -0.39 is 23.3 Å². The average Bonchev–Trinajstić information content (AvgIpc) is 3.19. The van der Waals surface area contributed by atoms with Crippen LogP contribution in [0.3, 0.4) is 0 Å². The number of carbonyl (C=O) groups excluding carboxylic acids is 3. The molecule has 0 spiro atoms. The molecule has 0 aliphatic rings. The predicted octanol–water partition coefficient (Wildman–Crippen LogP) is 1.03. The van der Waals surface area contributed by atoms with Crippen molar-refractivity contribution in [3.8, 4) is 0 Å². The topological polar surface area (TPSA) is 163 Å². The number of benzene rings is 1. The second-order valence-corrected chi connectivity index (χ2v) is 6.32. The van der Waals surface area contributed by atoms with Gasteiger partial charge in [-0.15, -0.1) is 0 Å². The van der Waals surface area contributed by atoms with Crippen LogP contribution in [-0.2, 0) is 6.54 Å². The Hall–Kier alpha value is -3.92. The summed E-state index contributed by atoms with van der Waals surface area (Å²) in [4.78, 5) is 49.9. The molecule has 0 unspecified atom stereocenters. The Bertz CT molecular complexity index is 1150. The number of hydrogen-bond donors (Lipinski definition) is 5. The summed E-state index contributed by atoms with van der Waals surface area (Å²) in [6.45, 7) is 0.107. The van der Waals surface area contributed by atoms with Crippen LogP contribution in [0.1, 0.15) is 36.8 Å². The lowest BCUT2D eigenvalue weighted by atomic mass is 10.2. The fourth-order valence-corrected chi connectivity index (χ4v) is 2.60. The van der Waals surface area contributed by atoms with E-state index in [2.05, 4.69) is 25.8 Å². The molecule has 10 nitrogen and oxygen atoms in total. The molecule has 2 aromatic heterocycles. The van der Waals surface area contributed by atoms with Gasteiger partial charge in [-0.05, 0) is 29.8 Å². The molecule has 2 heterocycles. The number of amides is 3. The second kappa shape index (κ2) is 8.40. The summed E-state index contributed by atoms with van der Waals surface area (Å²) in [7, 11) is 0. The summed E-state index contributed by atoms with van der Waals surface area (Å²) in [5, 5.41) is 10.9. The minimum absolute atomic E-state index is 0.0109. The number of anilines is 1. The highest BCUT2D eigenvalue weighted by atomic mass is 35.5. The molecule has 0 aliphatic heterocycles. The number of rotatable bonds is 6. The maximum Gasteiger partial charge on any atom is 0.277 e. The van der Waals surface area contributed by atoms with E-state index in [4.69, 9.17) is 17.3 Å². The number of aromatic amines is 2. The Labute approximate surface area is 168 Å². The number of nitrogens with two attached hydrogens (primary N) is 1. The van der Waals surface area contributed by atoms with Gasteiger partial charge in [-0.1, -0.05) is 23.7 Å². The Balaban J connectivity index is 1.65. The molecule has 1 aromatic carbocycles. The molecule has 0 aliphatic carbocycles. The molecule has 0 atom stereocenters. The minimum atomic E-state index is -0.658. The summed E-state index contributed by atoms with van der Waals surface area (Å²) in [6, 6.07) is 9.26. The molecule has 6 N–H and O–H groups in total. The molecular weight excluding hydrogens is 400 g/mol. The zero-order chi connectivity index (χ0) is 21.0. The summed E-state index contributed by atoms with van der Waals surface area (Å²) in [6.07, 6.45) is 1.34. The van der Waals surface area contributed by atoms with Crippen molar-refractivity contribution in [3.63, 3.8) is 0 Å². The first-order valence-electron chi connectivity index (χ1n) is 8.25. The maximum absolute atomic E-state index is 12.3. The molecular formula is C18H15ClN6O4. The first kappa shape index (κ1) is 19.8. The lowest BCUT2D eigenvalue weighted by Gasteiger charge is -2.08. The molecule has 3 aromatic rings. The number of halogens is 1. The van der Waals surface area contributed by atoms with Crippen molar-refractivity contribution in [2.24, 2.45) is 5.73 Å². The van der Waals surface area contributed by atoms with Crippen LogP contribution in [-0.4, -0.2) is 32.9 Å². The van der Waals surface area contributed by atoms with E-state index in [0.29, 0.717) is 11.3 Å². The molecule has 11 heteroatoms. The number of hydrogen-bond acceptors (Lipinski definition) is 5. The van der Waals surface area contributed by atoms with Crippen molar-refractivity contribution in [1.82, 2.24) is 20.5 Å². The summed E-state index contributed by atoms with van der Waals surface area (Å²) in [5.74, 6) is -1.72. The van der Waals surface area contributed by atoms with Gasteiger partial charge in [0.05, 0.1) is 5.56 Å². The van der Waals surface area contributed by atoms with Gasteiger partial charge in [0.25, 0.3) is 17.4 Å². The Morgan fingerprint density at radius 2 is 1.93 bits per heavy atom. The number of nitrogens with one attached hydrogen (secondary N) is 4. The summed E-state index contributed by atoms with van der Waals surface area (Å²) in [5.41, 5.74) is 5.86. The molecule has 148 valence electrons. The third-order valence-electron chi connectivity index (χ3n) is 3.87. The van der Waals surface area contributed by atoms with Crippen molar-refractivity contribution >= 4 is 35.0 Å². The van der Waals surface area contributed by atoms with E-state index in [9.17, 15) is 19.2 Å². The van der Waals surface area contributed by atoms with Crippen LogP contribution in [0.4, 0.5) is 5.69 Å². The maximum atomic E-state index is 12.3. The van der Waals surface area contributed by atoms with Crippen molar-refractivity contribution in [1.29, 1.82) is 0 Å². The third-order valence-corrected chi connectivity index (χ3v) is 4.06. The first-order chi connectivity index (χ1) is 13.8. The Morgan fingerprint density at radius 1 is 1.14 bits per heavy atom. The lowest BCUT2D eigenvalue weighted by Crippen LogP contribution is -2.29. The third kappa shape index (κ3) is 4.87. The SMILES string of the molecule is NC(=O)c1c[nH]c(C(=O)Nc2cccc(CNC(=O)c3cc(Cl)n[nH]c3=O)c2)c1. The van der Waals surface area contributed by atoms with Gasteiger partial charge in [0, 0.05) is 18.4 Å². The monoisotopic (exact) mass is 414 g/mol. The Kier molecular flexibility index (Phi) is 5.74. The molecule has 0 fully saturated rings. The van der Waals surface area contributed by atoms with Crippen LogP contribution < -0.4 is 21.9 Å². The van der Waals surface area contributed by atoms with E-state index >= 15 is 0 Å². The van der Waals surface area contributed by atoms with Gasteiger partial charge < -0.3 is 21.4 Å². The van der Waals surface area contributed by atoms with E-state index in [-0.39, 0.29) is 28.5 Å². The van der Waals surface area contributed by atoms with E-state index in [0.717, 1.165) is 0 Å². The van der Waals surface area contributed by atoms with Gasteiger partial charge in [0.2, 0.25) is 5.91 Å². The number of carbonyl (C=O) groups is 3.